The van der Waals surface area contributed by atoms with Crippen molar-refractivity contribution in [2.75, 3.05) is 5.32 Å². The third-order valence-corrected chi connectivity index (χ3v) is 7.26. The number of nitro benzene ring substituents is 1. The van der Waals surface area contributed by atoms with Gasteiger partial charge in [0.1, 0.15) is 0 Å². The van der Waals surface area contributed by atoms with Crippen molar-refractivity contribution in [3.05, 3.63) is 34.4 Å². The molecule has 5 nitrogen and oxygen atoms in total. The van der Waals surface area contributed by atoms with Crippen LogP contribution in [0.2, 0.25) is 0 Å². The molecular weight excluding hydrogens is 358 g/mol. The van der Waals surface area contributed by atoms with Crippen LogP contribution in [0.5, 0.6) is 0 Å². The van der Waals surface area contributed by atoms with Crippen molar-refractivity contribution in [1.82, 2.24) is 5.32 Å². The Morgan fingerprint density at radius 1 is 1.19 bits per heavy atom. The Morgan fingerprint density at radius 2 is 1.74 bits per heavy atom. The molecule has 27 heavy (non-hydrogen) atoms. The third-order valence-electron chi connectivity index (χ3n) is 7.04. The van der Waals surface area contributed by atoms with E-state index >= 15 is 0 Å². The average molecular weight is 388 g/mol. The predicted molar refractivity (Wildman–Crippen MR) is 112 cm³/mol. The van der Waals surface area contributed by atoms with Crippen molar-refractivity contribution in [2.45, 2.75) is 64.3 Å². The van der Waals surface area contributed by atoms with Gasteiger partial charge in [0.25, 0.3) is 5.69 Å². The second-order valence-electron chi connectivity index (χ2n) is 9.02. The van der Waals surface area contributed by atoms with E-state index in [4.69, 9.17) is 12.2 Å². The van der Waals surface area contributed by atoms with Crippen LogP contribution < -0.4 is 10.6 Å². The molecule has 4 aliphatic carbocycles. The molecule has 146 valence electrons. The minimum Gasteiger partial charge on any atom is -0.359 e. The van der Waals surface area contributed by atoms with E-state index in [0.29, 0.717) is 16.6 Å². The average Bonchev–Trinajstić information content (AvgIpc) is 2.60. The molecule has 4 aliphatic rings. The topological polar surface area (TPSA) is 67.2 Å². The number of nitrogens with one attached hydrogen (secondary N) is 2. The molecular formula is C21H29N3O2S. The summed E-state index contributed by atoms with van der Waals surface area (Å²) in [4.78, 5) is 10.4. The van der Waals surface area contributed by atoms with Crippen LogP contribution in [0.25, 0.3) is 0 Å². The zero-order chi connectivity index (χ0) is 19.0. The van der Waals surface area contributed by atoms with Crippen LogP contribution in [-0.2, 0) is 0 Å². The first-order chi connectivity index (χ1) is 13.0. The lowest BCUT2D eigenvalue weighted by atomic mass is 9.47. The number of hydrogen-bond acceptors (Lipinski definition) is 3. The largest absolute Gasteiger partial charge is 0.359 e. The molecule has 6 heteroatoms. The summed E-state index contributed by atoms with van der Waals surface area (Å²) in [7, 11) is 0. The molecule has 0 radical (unpaired) electrons. The Morgan fingerprint density at radius 3 is 2.22 bits per heavy atom. The quantitative estimate of drug-likeness (QED) is 0.396. The maximum atomic E-state index is 10.8. The van der Waals surface area contributed by atoms with Gasteiger partial charge in [-0.15, -0.1) is 0 Å². The molecule has 5 rings (SSSR count). The lowest BCUT2D eigenvalue weighted by molar-refractivity contribution is -0.384. The van der Waals surface area contributed by atoms with Gasteiger partial charge in [0.15, 0.2) is 5.11 Å². The molecule has 4 fully saturated rings. The highest BCUT2D eigenvalue weighted by molar-refractivity contribution is 7.80. The van der Waals surface area contributed by atoms with Gasteiger partial charge >= 0.3 is 0 Å². The molecule has 0 spiro atoms. The van der Waals surface area contributed by atoms with Crippen molar-refractivity contribution in [2.24, 2.45) is 23.2 Å². The molecule has 1 aromatic rings. The summed E-state index contributed by atoms with van der Waals surface area (Å²) in [6, 6.07) is 6.87. The van der Waals surface area contributed by atoms with Gasteiger partial charge < -0.3 is 10.6 Å². The monoisotopic (exact) mass is 387 g/mol. The first kappa shape index (κ1) is 18.7. The minimum atomic E-state index is -0.384. The first-order valence-corrected chi connectivity index (χ1v) is 10.7. The smallest absolute Gasteiger partial charge is 0.269 e. The number of nitro groups is 1. The summed E-state index contributed by atoms with van der Waals surface area (Å²) in [6.45, 7) is 2.25. The van der Waals surface area contributed by atoms with E-state index in [9.17, 15) is 10.1 Å². The van der Waals surface area contributed by atoms with E-state index < -0.39 is 0 Å². The molecule has 0 saturated heterocycles. The molecule has 4 saturated carbocycles. The van der Waals surface area contributed by atoms with Crippen molar-refractivity contribution in [3.8, 4) is 0 Å². The molecule has 4 bridgehead atoms. The highest BCUT2D eigenvalue weighted by Gasteiger charge is 2.54. The van der Waals surface area contributed by atoms with Crippen LogP contribution in [0.1, 0.15) is 58.3 Å². The van der Waals surface area contributed by atoms with Gasteiger partial charge in [-0.25, -0.2) is 0 Å². The number of non-ortho nitro benzene ring substituents is 1. The number of thiocarbonyl (C=S) groups is 1. The summed E-state index contributed by atoms with van der Waals surface area (Å²) >= 11 is 5.61. The minimum absolute atomic E-state index is 0.0943. The number of rotatable bonds is 6. The van der Waals surface area contributed by atoms with Gasteiger partial charge in [0.05, 0.1) is 4.92 Å². The van der Waals surface area contributed by atoms with Crippen molar-refractivity contribution in [1.29, 1.82) is 0 Å². The summed E-state index contributed by atoms with van der Waals surface area (Å²) < 4.78 is 0. The molecule has 0 amide bonds. The number of hydrogen-bond donors (Lipinski definition) is 2. The molecule has 1 unspecified atom stereocenters. The molecule has 0 aliphatic heterocycles. The third kappa shape index (κ3) is 3.82. The van der Waals surface area contributed by atoms with Gasteiger partial charge in [-0.3, -0.25) is 10.1 Å². The van der Waals surface area contributed by atoms with Crippen LogP contribution in [0.15, 0.2) is 24.3 Å². The van der Waals surface area contributed by atoms with Crippen molar-refractivity contribution >= 4 is 28.7 Å². The van der Waals surface area contributed by atoms with Crippen LogP contribution in [0.4, 0.5) is 11.4 Å². The SMILES string of the molecule is CCCC(NC(=S)Nc1ccc([N+](=O)[O-])cc1)C12CC3CC(CC(C3)C1)C2. The Labute approximate surface area is 166 Å². The second kappa shape index (κ2) is 7.38. The summed E-state index contributed by atoms with van der Waals surface area (Å²) in [5, 5.41) is 18.3. The zero-order valence-corrected chi connectivity index (χ0v) is 16.8. The standard InChI is InChI=1S/C21H29N3O2S/c1-2-3-19(21-11-14-8-15(12-21)10-16(9-14)13-21)23-20(27)22-17-4-6-18(7-5-17)24(25)26/h4-7,14-16,19H,2-3,8-13H2,1H3,(H2,22,23,27). The lowest BCUT2D eigenvalue weighted by Crippen LogP contribution is -2.57. The molecule has 1 atom stereocenters. The number of nitrogens with zero attached hydrogens (tertiary/aromatic N) is 1. The summed E-state index contributed by atoms with van der Waals surface area (Å²) in [6.07, 6.45) is 10.7. The second-order valence-corrected chi connectivity index (χ2v) is 9.43. The highest BCUT2D eigenvalue weighted by Crippen LogP contribution is 2.61. The highest BCUT2D eigenvalue weighted by atomic mass is 32.1. The lowest BCUT2D eigenvalue weighted by Gasteiger charge is -2.59. The van der Waals surface area contributed by atoms with Crippen molar-refractivity contribution < 1.29 is 4.92 Å². The van der Waals surface area contributed by atoms with Gasteiger partial charge in [-0.05, 0) is 92.5 Å². The number of anilines is 1. The summed E-state index contributed by atoms with van der Waals surface area (Å²) in [5.41, 5.74) is 1.29. The fraction of sp³-hybridized carbons (Fsp3) is 0.667. The Hall–Kier alpha value is -1.69. The molecule has 2 N–H and O–H groups in total. The Bertz CT molecular complexity index is 683. The maximum absolute atomic E-state index is 10.8. The maximum Gasteiger partial charge on any atom is 0.269 e. The van der Waals surface area contributed by atoms with E-state index in [0.717, 1.165) is 36.3 Å². The summed E-state index contributed by atoms with van der Waals surface area (Å²) in [5.74, 6) is 2.77. The first-order valence-electron chi connectivity index (χ1n) is 10.3. The van der Waals surface area contributed by atoms with Gasteiger partial charge in [0, 0.05) is 23.9 Å². The van der Waals surface area contributed by atoms with Gasteiger partial charge in [-0.1, -0.05) is 13.3 Å². The van der Waals surface area contributed by atoms with Gasteiger partial charge in [0.2, 0.25) is 0 Å². The fourth-order valence-electron chi connectivity index (χ4n) is 6.42. The van der Waals surface area contributed by atoms with Crippen LogP contribution in [0.3, 0.4) is 0 Å². The van der Waals surface area contributed by atoms with Gasteiger partial charge in [-0.2, -0.15) is 0 Å². The molecule has 0 heterocycles. The van der Waals surface area contributed by atoms with Crippen LogP contribution in [0, 0.1) is 33.3 Å². The van der Waals surface area contributed by atoms with E-state index in [1.807, 2.05) is 0 Å². The van der Waals surface area contributed by atoms with E-state index in [1.165, 1.54) is 50.7 Å². The Balaban J connectivity index is 1.44. The van der Waals surface area contributed by atoms with E-state index in [2.05, 4.69) is 17.6 Å². The van der Waals surface area contributed by atoms with E-state index in [1.54, 1.807) is 12.1 Å². The normalized spacial score (nSPS) is 32.1. The fourth-order valence-corrected chi connectivity index (χ4v) is 6.68. The van der Waals surface area contributed by atoms with E-state index in [-0.39, 0.29) is 10.6 Å². The van der Waals surface area contributed by atoms with Crippen LogP contribution >= 0.6 is 12.2 Å². The molecule has 0 aromatic heterocycles. The predicted octanol–water partition coefficient (Wildman–Crippen LogP) is 5.27. The molecule has 1 aromatic carbocycles. The zero-order valence-electron chi connectivity index (χ0n) is 15.9. The Kier molecular flexibility index (Phi) is 5.10. The van der Waals surface area contributed by atoms with Crippen molar-refractivity contribution in [3.63, 3.8) is 0 Å². The van der Waals surface area contributed by atoms with Crippen LogP contribution in [-0.4, -0.2) is 16.1 Å². The number of benzene rings is 1.